The van der Waals surface area contributed by atoms with Crippen molar-refractivity contribution in [1.82, 2.24) is 4.98 Å². The number of nitrogens with one attached hydrogen (secondary N) is 1. The van der Waals surface area contributed by atoms with Crippen LogP contribution >= 0.6 is 11.3 Å². The topological polar surface area (TPSA) is 79.4 Å². The van der Waals surface area contributed by atoms with Gasteiger partial charge in [-0.05, 0) is 29.8 Å². The second-order valence-corrected chi connectivity index (χ2v) is 6.40. The summed E-state index contributed by atoms with van der Waals surface area (Å²) in [5.74, 6) is -0.396. The molecule has 0 fully saturated rings. The predicted molar refractivity (Wildman–Crippen MR) is 92.1 cm³/mol. The fourth-order valence-electron chi connectivity index (χ4n) is 2.26. The summed E-state index contributed by atoms with van der Waals surface area (Å²) in [6, 6.07) is 12.4. The monoisotopic (exact) mass is 359 g/mol. The van der Waals surface area contributed by atoms with Crippen LogP contribution in [0.25, 0.3) is 0 Å². The molecule has 5 nitrogen and oxygen atoms in total. The number of rotatable bonds is 6. The Labute approximate surface area is 146 Å². The molecular weight excluding hydrogens is 345 g/mol. The Balaban J connectivity index is 1.60. The number of Topliss-reactive ketones (excluding diaryl/α,β-unsaturated/α-hetero) is 1. The molecule has 0 atom stereocenters. The van der Waals surface area contributed by atoms with Gasteiger partial charge in [0.05, 0.1) is 4.88 Å². The summed E-state index contributed by atoms with van der Waals surface area (Å²) >= 11 is 0.959. The van der Waals surface area contributed by atoms with Gasteiger partial charge in [0.1, 0.15) is 11.6 Å². The molecule has 0 aliphatic heterocycles. The van der Waals surface area contributed by atoms with Crippen LogP contribution in [0, 0.1) is 5.82 Å². The molecule has 3 aromatic rings. The second kappa shape index (κ2) is 7.31. The third kappa shape index (κ3) is 4.33. The van der Waals surface area contributed by atoms with Crippen molar-refractivity contribution in [1.29, 1.82) is 0 Å². The first-order chi connectivity index (χ1) is 12.0. The minimum atomic E-state index is -0.467. The van der Waals surface area contributed by atoms with Gasteiger partial charge < -0.3 is 9.84 Å². The van der Waals surface area contributed by atoms with Crippen LogP contribution in [0.4, 0.5) is 4.39 Å². The highest BCUT2D eigenvalue weighted by Gasteiger charge is 2.09. The second-order valence-electron chi connectivity index (χ2n) is 5.33. The summed E-state index contributed by atoms with van der Waals surface area (Å²) in [7, 11) is 0. The molecular formula is C18H14FNO4S. The molecule has 0 radical (unpaired) electrons. The first-order valence-electron chi connectivity index (χ1n) is 7.43. The Bertz CT molecular complexity index is 946. The normalized spacial score (nSPS) is 10.6. The standard InChI is InChI=1S/C18H14FNO4S/c19-13-3-1-2-12(9-13)15(21)10-24-14-6-4-11(5-7-14)8-16-17(22)20-18(23)25-16/h1-7,9,22H,8,10H2,(H,20,23). The van der Waals surface area contributed by atoms with Crippen LogP contribution < -0.4 is 9.61 Å². The Morgan fingerprint density at radius 1 is 1.20 bits per heavy atom. The quantitative estimate of drug-likeness (QED) is 0.663. The third-order valence-corrected chi connectivity index (χ3v) is 4.38. The van der Waals surface area contributed by atoms with E-state index in [4.69, 9.17) is 4.74 Å². The molecule has 1 heterocycles. The van der Waals surface area contributed by atoms with Crippen LogP contribution in [0.3, 0.4) is 0 Å². The van der Waals surface area contributed by atoms with Crippen molar-refractivity contribution in [2.75, 3.05) is 6.61 Å². The van der Waals surface area contributed by atoms with Gasteiger partial charge in [0.2, 0.25) is 5.88 Å². The summed E-state index contributed by atoms with van der Waals surface area (Å²) in [6.07, 6.45) is 0.414. The van der Waals surface area contributed by atoms with Crippen molar-refractivity contribution >= 4 is 17.1 Å². The van der Waals surface area contributed by atoms with Crippen molar-refractivity contribution in [3.63, 3.8) is 0 Å². The lowest BCUT2D eigenvalue weighted by Crippen LogP contribution is -2.11. The van der Waals surface area contributed by atoms with E-state index in [1.807, 2.05) is 0 Å². The molecule has 7 heteroatoms. The number of benzene rings is 2. The first kappa shape index (κ1) is 16.9. The van der Waals surface area contributed by atoms with Crippen LogP contribution in [-0.4, -0.2) is 22.5 Å². The Morgan fingerprint density at radius 3 is 2.60 bits per heavy atom. The number of aromatic nitrogens is 1. The van der Waals surface area contributed by atoms with E-state index in [1.54, 1.807) is 24.3 Å². The molecule has 0 unspecified atom stereocenters. The molecule has 0 aliphatic rings. The number of H-pyrrole nitrogens is 1. The van der Waals surface area contributed by atoms with Gasteiger partial charge in [-0.1, -0.05) is 35.6 Å². The molecule has 3 rings (SSSR count). The maximum atomic E-state index is 13.1. The number of aromatic amines is 1. The van der Waals surface area contributed by atoms with E-state index in [2.05, 4.69) is 4.98 Å². The number of ketones is 1. The zero-order valence-corrected chi connectivity index (χ0v) is 13.8. The van der Waals surface area contributed by atoms with E-state index >= 15 is 0 Å². The highest BCUT2D eigenvalue weighted by atomic mass is 32.1. The lowest BCUT2D eigenvalue weighted by molar-refractivity contribution is 0.0921. The number of hydrogen-bond donors (Lipinski definition) is 2. The van der Waals surface area contributed by atoms with Crippen molar-refractivity contribution < 1.29 is 19.0 Å². The van der Waals surface area contributed by atoms with Gasteiger partial charge in [0.25, 0.3) is 0 Å². The average molecular weight is 359 g/mol. The molecule has 2 N–H and O–H groups in total. The van der Waals surface area contributed by atoms with Gasteiger partial charge in [0, 0.05) is 12.0 Å². The smallest absolute Gasteiger partial charge is 0.307 e. The highest BCUT2D eigenvalue weighted by molar-refractivity contribution is 7.09. The maximum absolute atomic E-state index is 13.1. The number of hydrogen-bond acceptors (Lipinski definition) is 5. The van der Waals surface area contributed by atoms with Gasteiger partial charge in [-0.2, -0.15) is 0 Å². The van der Waals surface area contributed by atoms with Crippen LogP contribution in [0.1, 0.15) is 20.8 Å². The third-order valence-electron chi connectivity index (χ3n) is 3.51. The molecule has 0 bridgehead atoms. The zero-order valence-electron chi connectivity index (χ0n) is 13.0. The largest absolute Gasteiger partial charge is 0.494 e. The molecule has 0 amide bonds. The van der Waals surface area contributed by atoms with Crippen LogP contribution in [0.5, 0.6) is 11.6 Å². The van der Waals surface area contributed by atoms with Gasteiger partial charge >= 0.3 is 4.87 Å². The summed E-state index contributed by atoms with van der Waals surface area (Å²) < 4.78 is 18.5. The van der Waals surface area contributed by atoms with Gasteiger partial charge in [-0.3, -0.25) is 14.6 Å². The lowest BCUT2D eigenvalue weighted by Gasteiger charge is -2.07. The van der Waals surface area contributed by atoms with E-state index in [-0.39, 0.29) is 28.7 Å². The number of aromatic hydroxyl groups is 1. The van der Waals surface area contributed by atoms with Gasteiger partial charge in [-0.25, -0.2) is 4.39 Å². The summed E-state index contributed by atoms with van der Waals surface area (Å²) in [4.78, 5) is 25.7. The van der Waals surface area contributed by atoms with Gasteiger partial charge in [-0.15, -0.1) is 0 Å². The first-order valence-corrected chi connectivity index (χ1v) is 8.24. The Kier molecular flexibility index (Phi) is 4.95. The Hall–Kier alpha value is -2.93. The summed E-state index contributed by atoms with van der Waals surface area (Å²) in [5, 5.41) is 9.59. The summed E-state index contributed by atoms with van der Waals surface area (Å²) in [5.41, 5.74) is 1.14. The fraction of sp³-hybridized carbons (Fsp3) is 0.111. The van der Waals surface area contributed by atoms with Crippen LogP contribution in [0.15, 0.2) is 53.3 Å². The van der Waals surface area contributed by atoms with E-state index in [0.29, 0.717) is 17.0 Å². The van der Waals surface area contributed by atoms with Gasteiger partial charge in [0.15, 0.2) is 12.4 Å². The van der Waals surface area contributed by atoms with Crippen molar-refractivity contribution in [2.45, 2.75) is 6.42 Å². The number of carbonyl (C=O) groups excluding carboxylic acids is 1. The van der Waals surface area contributed by atoms with E-state index < -0.39 is 5.82 Å². The molecule has 0 saturated heterocycles. The maximum Gasteiger partial charge on any atom is 0.307 e. The number of halogens is 1. The van der Waals surface area contributed by atoms with Crippen molar-refractivity contribution in [3.8, 4) is 11.6 Å². The molecule has 0 saturated carbocycles. The number of thiazole rings is 1. The number of carbonyl (C=O) groups is 1. The SMILES string of the molecule is O=C(COc1ccc(Cc2sc(=O)[nH]c2O)cc1)c1cccc(F)c1. The molecule has 128 valence electrons. The summed E-state index contributed by atoms with van der Waals surface area (Å²) in [6.45, 7) is -0.191. The fourth-order valence-corrected chi connectivity index (χ4v) is 3.01. The highest BCUT2D eigenvalue weighted by Crippen LogP contribution is 2.21. The van der Waals surface area contributed by atoms with E-state index in [1.165, 1.54) is 24.3 Å². The van der Waals surface area contributed by atoms with E-state index in [9.17, 15) is 19.1 Å². The predicted octanol–water partition coefficient (Wildman–Crippen LogP) is 3.13. The van der Waals surface area contributed by atoms with Crippen molar-refractivity contribution in [3.05, 3.63) is 80.0 Å². The molecule has 2 aromatic carbocycles. The zero-order chi connectivity index (χ0) is 17.8. The molecule has 0 aliphatic carbocycles. The van der Waals surface area contributed by atoms with Crippen molar-refractivity contribution in [2.24, 2.45) is 0 Å². The van der Waals surface area contributed by atoms with E-state index in [0.717, 1.165) is 16.9 Å². The Morgan fingerprint density at radius 2 is 1.96 bits per heavy atom. The number of ether oxygens (including phenoxy) is 1. The molecule has 1 aromatic heterocycles. The minimum absolute atomic E-state index is 0.115. The molecule has 0 spiro atoms. The molecule has 25 heavy (non-hydrogen) atoms. The minimum Gasteiger partial charge on any atom is -0.494 e. The average Bonchev–Trinajstić information content (AvgIpc) is 2.91. The van der Waals surface area contributed by atoms with Crippen LogP contribution in [0.2, 0.25) is 0 Å². The lowest BCUT2D eigenvalue weighted by atomic mass is 10.1. The van der Waals surface area contributed by atoms with Crippen LogP contribution in [-0.2, 0) is 6.42 Å².